The zero-order valence-corrected chi connectivity index (χ0v) is 18.1. The predicted molar refractivity (Wildman–Crippen MR) is 116 cm³/mol. The summed E-state index contributed by atoms with van der Waals surface area (Å²) in [6.07, 6.45) is 0.960. The monoisotopic (exact) mass is 449 g/mol. The predicted octanol–water partition coefficient (Wildman–Crippen LogP) is 4.30. The smallest absolute Gasteiger partial charge is 0.243 e. The number of amides is 1. The highest BCUT2D eigenvalue weighted by Gasteiger charge is 2.32. The van der Waals surface area contributed by atoms with E-state index >= 15 is 0 Å². The Labute approximate surface area is 178 Å². The van der Waals surface area contributed by atoms with E-state index in [1.54, 1.807) is 30.3 Å². The molecule has 6 nitrogen and oxygen atoms in total. The molecule has 1 amide bonds. The Morgan fingerprint density at radius 3 is 2.55 bits per heavy atom. The molecule has 3 aromatic rings. The van der Waals surface area contributed by atoms with Crippen molar-refractivity contribution in [2.45, 2.75) is 24.7 Å². The average Bonchev–Trinajstić information content (AvgIpc) is 3.09. The van der Waals surface area contributed by atoms with Gasteiger partial charge in [-0.3, -0.25) is 4.79 Å². The number of carbonyl (C=O) groups excluding carboxylic acids is 1. The number of piperidine rings is 1. The second-order valence-corrected chi connectivity index (χ2v) is 10.5. The highest BCUT2D eigenvalue weighted by Crippen LogP contribution is 2.30. The lowest BCUT2D eigenvalue weighted by atomic mass is 9.97. The van der Waals surface area contributed by atoms with Gasteiger partial charge in [-0.25, -0.2) is 13.4 Å². The third kappa shape index (κ3) is 4.30. The van der Waals surface area contributed by atoms with E-state index in [9.17, 15) is 13.2 Å². The van der Waals surface area contributed by atoms with E-state index in [4.69, 9.17) is 11.6 Å². The van der Waals surface area contributed by atoms with Gasteiger partial charge in [0.05, 0.1) is 15.1 Å². The molecule has 1 aromatic heterocycles. The van der Waals surface area contributed by atoms with Crippen LogP contribution in [-0.2, 0) is 14.8 Å². The molecule has 0 atom stereocenters. The first-order valence-corrected chi connectivity index (χ1v) is 11.9. The molecule has 1 aliphatic heterocycles. The molecule has 0 bridgehead atoms. The number of hydrogen-bond donors (Lipinski definition) is 1. The van der Waals surface area contributed by atoms with Gasteiger partial charge in [-0.1, -0.05) is 40.6 Å². The first kappa shape index (κ1) is 20.3. The average molecular weight is 450 g/mol. The number of sulfonamides is 1. The van der Waals surface area contributed by atoms with Gasteiger partial charge in [-0.15, -0.1) is 0 Å². The third-order valence-corrected chi connectivity index (χ3v) is 8.15. The lowest BCUT2D eigenvalue weighted by Crippen LogP contribution is -2.41. The van der Waals surface area contributed by atoms with Crippen molar-refractivity contribution in [2.75, 3.05) is 18.4 Å². The molecule has 152 valence electrons. The molecule has 29 heavy (non-hydrogen) atoms. The summed E-state index contributed by atoms with van der Waals surface area (Å²) in [6.45, 7) is 2.56. The summed E-state index contributed by atoms with van der Waals surface area (Å²) < 4.78 is 28.0. The van der Waals surface area contributed by atoms with Gasteiger partial charge in [-0.2, -0.15) is 4.31 Å². The second-order valence-electron chi connectivity index (χ2n) is 7.11. The summed E-state index contributed by atoms with van der Waals surface area (Å²) in [6, 6.07) is 12.2. The van der Waals surface area contributed by atoms with Crippen LogP contribution in [0.3, 0.4) is 0 Å². The van der Waals surface area contributed by atoms with Crippen LogP contribution in [0, 0.1) is 12.8 Å². The zero-order chi connectivity index (χ0) is 20.6. The number of benzene rings is 2. The number of aromatic nitrogens is 1. The molecule has 1 aliphatic rings. The van der Waals surface area contributed by atoms with Gasteiger partial charge < -0.3 is 5.32 Å². The third-order valence-electron chi connectivity index (χ3n) is 5.06. The van der Waals surface area contributed by atoms with E-state index in [1.165, 1.54) is 15.6 Å². The minimum Gasteiger partial charge on any atom is -0.302 e. The van der Waals surface area contributed by atoms with Crippen LogP contribution in [0.5, 0.6) is 0 Å². The highest BCUT2D eigenvalue weighted by atomic mass is 35.5. The minimum atomic E-state index is -3.53. The van der Waals surface area contributed by atoms with E-state index in [0.717, 1.165) is 15.8 Å². The summed E-state index contributed by atoms with van der Waals surface area (Å²) in [7, 11) is -3.53. The first-order chi connectivity index (χ1) is 13.8. The minimum absolute atomic E-state index is 0.123. The number of nitrogens with one attached hydrogen (secondary N) is 1. The Morgan fingerprint density at radius 2 is 1.86 bits per heavy atom. The molecule has 1 saturated heterocycles. The van der Waals surface area contributed by atoms with Crippen LogP contribution in [0.25, 0.3) is 10.2 Å². The Bertz CT molecular complexity index is 1150. The van der Waals surface area contributed by atoms with Crippen LogP contribution < -0.4 is 5.32 Å². The van der Waals surface area contributed by atoms with Gasteiger partial charge in [0, 0.05) is 24.0 Å². The van der Waals surface area contributed by atoms with E-state index in [2.05, 4.69) is 10.3 Å². The Hall–Kier alpha value is -2.00. The lowest BCUT2D eigenvalue weighted by Gasteiger charge is -2.30. The molecule has 2 aromatic carbocycles. The van der Waals surface area contributed by atoms with Crippen molar-refractivity contribution in [2.24, 2.45) is 5.92 Å². The molecule has 0 radical (unpaired) electrons. The second kappa shape index (κ2) is 8.02. The van der Waals surface area contributed by atoms with Gasteiger partial charge in [0.15, 0.2) is 5.13 Å². The topological polar surface area (TPSA) is 79.4 Å². The van der Waals surface area contributed by atoms with Gasteiger partial charge in [0.1, 0.15) is 0 Å². The normalized spacial score (nSPS) is 16.2. The number of fused-ring (bicyclic) bond motifs is 1. The largest absolute Gasteiger partial charge is 0.302 e. The summed E-state index contributed by atoms with van der Waals surface area (Å²) >= 11 is 7.37. The van der Waals surface area contributed by atoms with E-state index in [-0.39, 0.29) is 11.8 Å². The number of hydrogen-bond acceptors (Lipinski definition) is 5. The highest BCUT2D eigenvalue weighted by molar-refractivity contribution is 7.89. The fourth-order valence-corrected chi connectivity index (χ4v) is 5.99. The lowest BCUT2D eigenvalue weighted by molar-refractivity contribution is -0.120. The number of thiazole rings is 1. The zero-order valence-electron chi connectivity index (χ0n) is 15.8. The molecule has 4 rings (SSSR count). The van der Waals surface area contributed by atoms with Crippen molar-refractivity contribution in [3.63, 3.8) is 0 Å². The van der Waals surface area contributed by atoms with Crippen LogP contribution >= 0.6 is 22.9 Å². The van der Waals surface area contributed by atoms with E-state index < -0.39 is 10.0 Å². The molecule has 1 fully saturated rings. The molecule has 1 N–H and O–H groups in total. The molecular weight excluding hydrogens is 430 g/mol. The first-order valence-electron chi connectivity index (χ1n) is 9.27. The van der Waals surface area contributed by atoms with Gasteiger partial charge in [0.2, 0.25) is 15.9 Å². The van der Waals surface area contributed by atoms with Gasteiger partial charge in [0.25, 0.3) is 0 Å². The fraction of sp³-hybridized carbons (Fsp3) is 0.300. The van der Waals surface area contributed by atoms with E-state index in [1.807, 2.05) is 19.1 Å². The van der Waals surface area contributed by atoms with E-state index in [0.29, 0.717) is 41.0 Å². The molecular formula is C20H20ClN3O3S2. The number of carbonyl (C=O) groups is 1. The number of rotatable bonds is 4. The Morgan fingerprint density at radius 1 is 1.17 bits per heavy atom. The van der Waals surface area contributed by atoms with Gasteiger partial charge >= 0.3 is 0 Å². The maximum Gasteiger partial charge on any atom is 0.243 e. The molecule has 2 heterocycles. The van der Waals surface area contributed by atoms with Crippen molar-refractivity contribution in [3.05, 3.63) is 53.1 Å². The number of halogens is 1. The van der Waals surface area contributed by atoms with Crippen molar-refractivity contribution in [1.82, 2.24) is 9.29 Å². The molecule has 0 unspecified atom stereocenters. The van der Waals surface area contributed by atoms with Crippen molar-refractivity contribution >= 4 is 54.2 Å². The number of aryl methyl sites for hydroxylation is 1. The van der Waals surface area contributed by atoms with Crippen molar-refractivity contribution in [1.29, 1.82) is 0 Å². The Kier molecular flexibility index (Phi) is 5.61. The van der Waals surface area contributed by atoms with Crippen LogP contribution in [0.1, 0.15) is 18.4 Å². The molecule has 0 saturated carbocycles. The van der Waals surface area contributed by atoms with Gasteiger partial charge in [-0.05, 0) is 50.1 Å². The number of anilines is 1. The van der Waals surface area contributed by atoms with Crippen LogP contribution in [0.15, 0.2) is 47.4 Å². The number of nitrogens with zero attached hydrogens (tertiary/aromatic N) is 2. The standard InChI is InChI=1S/C20H20ClN3O3S2/c1-13-2-5-16(6-3-13)29(26,27)24-10-8-14(9-11-24)19(25)23-20-22-17-7-4-15(21)12-18(17)28-20/h2-7,12,14H,8-11H2,1H3,(H,22,23,25). The molecule has 0 aliphatic carbocycles. The summed E-state index contributed by atoms with van der Waals surface area (Å²) in [4.78, 5) is 17.3. The summed E-state index contributed by atoms with van der Waals surface area (Å²) in [5.74, 6) is -0.363. The summed E-state index contributed by atoms with van der Waals surface area (Å²) in [5, 5.41) is 4.03. The fourth-order valence-electron chi connectivity index (χ4n) is 3.38. The maximum absolute atomic E-state index is 12.8. The van der Waals surface area contributed by atoms with Crippen LogP contribution in [-0.4, -0.2) is 36.7 Å². The van der Waals surface area contributed by atoms with Crippen LogP contribution in [0.2, 0.25) is 5.02 Å². The molecule has 9 heteroatoms. The quantitative estimate of drug-likeness (QED) is 0.644. The Balaban J connectivity index is 1.39. The molecule has 0 spiro atoms. The van der Waals surface area contributed by atoms with Crippen molar-refractivity contribution < 1.29 is 13.2 Å². The maximum atomic E-state index is 12.8. The summed E-state index contributed by atoms with van der Waals surface area (Å²) in [5.41, 5.74) is 1.80. The van der Waals surface area contributed by atoms with Crippen LogP contribution in [0.4, 0.5) is 5.13 Å². The SMILES string of the molecule is Cc1ccc(S(=O)(=O)N2CCC(C(=O)Nc3nc4ccc(Cl)cc4s3)CC2)cc1. The van der Waals surface area contributed by atoms with Crippen molar-refractivity contribution in [3.8, 4) is 0 Å².